The van der Waals surface area contributed by atoms with E-state index in [2.05, 4.69) is 21.2 Å². The van der Waals surface area contributed by atoms with Gasteiger partial charge in [0.2, 0.25) is 0 Å². The molecule has 0 radical (unpaired) electrons. The second-order valence-electron chi connectivity index (χ2n) is 4.52. The Kier molecular flexibility index (Phi) is 4.78. The quantitative estimate of drug-likeness (QED) is 0.760. The Labute approximate surface area is 130 Å². The molecule has 2 aromatic rings. The highest BCUT2D eigenvalue weighted by molar-refractivity contribution is 9.10. The molecule has 0 aliphatic carbocycles. The Morgan fingerprint density at radius 1 is 1.15 bits per heavy atom. The molecule has 1 atom stereocenters. The van der Waals surface area contributed by atoms with Crippen molar-refractivity contribution in [3.63, 3.8) is 0 Å². The average Bonchev–Trinajstić information content (AvgIpc) is 2.40. The summed E-state index contributed by atoms with van der Waals surface area (Å²) in [4.78, 5) is 0. The molecule has 0 bridgehead atoms. The molecule has 0 saturated heterocycles. The summed E-state index contributed by atoms with van der Waals surface area (Å²) < 4.78 is 27.6. The van der Waals surface area contributed by atoms with Gasteiger partial charge in [0.05, 0.1) is 6.04 Å². The molecule has 1 N–H and O–H groups in total. The molecule has 0 fully saturated rings. The predicted octanol–water partition coefficient (Wildman–Crippen LogP) is 5.00. The second kappa shape index (κ2) is 6.20. The summed E-state index contributed by atoms with van der Waals surface area (Å²) in [7, 11) is 1.75. The lowest BCUT2D eigenvalue weighted by atomic mass is 9.97. The Morgan fingerprint density at radius 3 is 2.40 bits per heavy atom. The number of halogens is 4. The molecular formula is C15H13BrClF2N. The number of nitrogens with one attached hydrogen (secondary N) is 1. The molecular weight excluding hydrogens is 348 g/mol. The Bertz CT molecular complexity index is 646. The van der Waals surface area contributed by atoms with Gasteiger partial charge in [-0.2, -0.15) is 0 Å². The van der Waals surface area contributed by atoms with Crippen molar-refractivity contribution in [2.75, 3.05) is 7.05 Å². The molecule has 2 aromatic carbocycles. The van der Waals surface area contributed by atoms with Crippen molar-refractivity contribution in [1.82, 2.24) is 5.32 Å². The third-order valence-corrected chi connectivity index (χ3v) is 4.37. The van der Waals surface area contributed by atoms with Gasteiger partial charge in [-0.05, 0) is 48.9 Å². The first kappa shape index (κ1) is 15.4. The van der Waals surface area contributed by atoms with Crippen LogP contribution in [0.5, 0.6) is 0 Å². The highest BCUT2D eigenvalue weighted by Gasteiger charge is 2.18. The van der Waals surface area contributed by atoms with Crippen LogP contribution in [0.3, 0.4) is 0 Å². The molecule has 5 heteroatoms. The molecule has 0 heterocycles. The number of aryl methyl sites for hydroxylation is 1. The minimum absolute atomic E-state index is 0.198. The van der Waals surface area contributed by atoms with Gasteiger partial charge in [0, 0.05) is 9.50 Å². The fourth-order valence-corrected chi connectivity index (χ4v) is 2.61. The molecule has 0 spiro atoms. The summed E-state index contributed by atoms with van der Waals surface area (Å²) in [6.07, 6.45) is 0. The first-order valence-electron chi connectivity index (χ1n) is 6.01. The zero-order chi connectivity index (χ0) is 14.9. The van der Waals surface area contributed by atoms with Gasteiger partial charge in [-0.3, -0.25) is 0 Å². The SMILES string of the molecule is CNC(c1ccc(Br)c(C)c1)c1cc(F)c(F)cc1Cl. The van der Waals surface area contributed by atoms with E-state index in [0.717, 1.165) is 27.7 Å². The van der Waals surface area contributed by atoms with E-state index in [-0.39, 0.29) is 11.1 Å². The summed E-state index contributed by atoms with van der Waals surface area (Å²) in [5, 5.41) is 3.28. The zero-order valence-electron chi connectivity index (χ0n) is 11.0. The third kappa shape index (κ3) is 3.03. The van der Waals surface area contributed by atoms with Crippen molar-refractivity contribution >= 4 is 27.5 Å². The lowest BCUT2D eigenvalue weighted by Crippen LogP contribution is -2.18. The van der Waals surface area contributed by atoms with Crippen LogP contribution in [-0.2, 0) is 0 Å². The molecule has 0 aliphatic heterocycles. The second-order valence-corrected chi connectivity index (χ2v) is 5.78. The van der Waals surface area contributed by atoms with Gasteiger partial charge in [0.15, 0.2) is 11.6 Å². The monoisotopic (exact) mass is 359 g/mol. The molecule has 1 unspecified atom stereocenters. The van der Waals surface area contributed by atoms with Crippen molar-refractivity contribution in [3.8, 4) is 0 Å². The van der Waals surface area contributed by atoms with Crippen LogP contribution < -0.4 is 5.32 Å². The standard InChI is InChI=1S/C15H13BrClF2N/c1-8-5-9(3-4-11(8)16)15(20-2)10-6-13(18)14(19)7-12(10)17/h3-7,15,20H,1-2H3. The third-order valence-electron chi connectivity index (χ3n) is 3.15. The van der Waals surface area contributed by atoms with Gasteiger partial charge in [0.25, 0.3) is 0 Å². The van der Waals surface area contributed by atoms with Gasteiger partial charge >= 0.3 is 0 Å². The maximum Gasteiger partial charge on any atom is 0.160 e. The van der Waals surface area contributed by atoms with E-state index in [9.17, 15) is 8.78 Å². The minimum Gasteiger partial charge on any atom is -0.309 e. The van der Waals surface area contributed by atoms with Crippen LogP contribution in [0.4, 0.5) is 8.78 Å². The fraction of sp³-hybridized carbons (Fsp3) is 0.200. The van der Waals surface area contributed by atoms with E-state index in [1.165, 1.54) is 0 Å². The molecule has 0 aliphatic rings. The maximum atomic E-state index is 13.4. The van der Waals surface area contributed by atoms with Gasteiger partial charge in [-0.15, -0.1) is 0 Å². The van der Waals surface area contributed by atoms with E-state index in [0.29, 0.717) is 5.56 Å². The number of benzene rings is 2. The Hall–Kier alpha value is -0.970. The smallest absolute Gasteiger partial charge is 0.160 e. The van der Waals surface area contributed by atoms with Gasteiger partial charge in [-0.1, -0.05) is 39.7 Å². The summed E-state index contributed by atoms with van der Waals surface area (Å²) in [6.45, 7) is 1.97. The average molecular weight is 361 g/mol. The number of hydrogen-bond acceptors (Lipinski definition) is 1. The summed E-state index contributed by atoms with van der Waals surface area (Å²) >= 11 is 9.48. The van der Waals surface area contributed by atoms with Crippen LogP contribution >= 0.6 is 27.5 Å². The number of hydrogen-bond donors (Lipinski definition) is 1. The van der Waals surface area contributed by atoms with Crippen LogP contribution in [0.25, 0.3) is 0 Å². The van der Waals surface area contributed by atoms with Crippen LogP contribution in [-0.4, -0.2) is 7.05 Å². The molecule has 0 saturated carbocycles. The minimum atomic E-state index is -0.944. The molecule has 0 amide bonds. The lowest BCUT2D eigenvalue weighted by Gasteiger charge is -2.19. The Balaban J connectivity index is 2.52. The highest BCUT2D eigenvalue weighted by atomic mass is 79.9. The topological polar surface area (TPSA) is 12.0 Å². The van der Waals surface area contributed by atoms with Crippen molar-refractivity contribution in [3.05, 3.63) is 68.2 Å². The van der Waals surface area contributed by atoms with E-state index in [4.69, 9.17) is 11.6 Å². The highest BCUT2D eigenvalue weighted by Crippen LogP contribution is 2.31. The van der Waals surface area contributed by atoms with Crippen molar-refractivity contribution in [2.45, 2.75) is 13.0 Å². The van der Waals surface area contributed by atoms with E-state index in [1.807, 2.05) is 25.1 Å². The summed E-state index contributed by atoms with van der Waals surface area (Å²) in [6, 6.07) is 7.64. The van der Waals surface area contributed by atoms with Gasteiger partial charge < -0.3 is 5.32 Å². The summed E-state index contributed by atoms with van der Waals surface area (Å²) in [5.41, 5.74) is 2.50. The summed E-state index contributed by atoms with van der Waals surface area (Å²) in [5.74, 6) is -1.85. The first-order valence-corrected chi connectivity index (χ1v) is 7.19. The molecule has 20 heavy (non-hydrogen) atoms. The molecule has 2 rings (SSSR count). The number of rotatable bonds is 3. The van der Waals surface area contributed by atoms with Crippen LogP contribution in [0, 0.1) is 18.6 Å². The van der Waals surface area contributed by atoms with Gasteiger partial charge in [-0.25, -0.2) is 8.78 Å². The van der Waals surface area contributed by atoms with Crippen molar-refractivity contribution in [1.29, 1.82) is 0 Å². The van der Waals surface area contributed by atoms with E-state index < -0.39 is 11.6 Å². The Morgan fingerprint density at radius 2 is 1.80 bits per heavy atom. The van der Waals surface area contributed by atoms with Crippen LogP contribution in [0.2, 0.25) is 5.02 Å². The maximum absolute atomic E-state index is 13.4. The molecule has 106 valence electrons. The van der Waals surface area contributed by atoms with Gasteiger partial charge in [0.1, 0.15) is 0 Å². The first-order chi connectivity index (χ1) is 9.43. The van der Waals surface area contributed by atoms with E-state index in [1.54, 1.807) is 7.05 Å². The van der Waals surface area contributed by atoms with Crippen molar-refractivity contribution in [2.24, 2.45) is 0 Å². The largest absolute Gasteiger partial charge is 0.309 e. The normalized spacial score (nSPS) is 12.5. The molecule has 0 aromatic heterocycles. The van der Waals surface area contributed by atoms with E-state index >= 15 is 0 Å². The zero-order valence-corrected chi connectivity index (χ0v) is 13.3. The lowest BCUT2D eigenvalue weighted by molar-refractivity contribution is 0.505. The van der Waals surface area contributed by atoms with Crippen molar-refractivity contribution < 1.29 is 8.78 Å². The predicted molar refractivity (Wildman–Crippen MR) is 81.1 cm³/mol. The fourth-order valence-electron chi connectivity index (χ4n) is 2.11. The van der Waals surface area contributed by atoms with Crippen LogP contribution in [0.1, 0.15) is 22.7 Å². The molecule has 1 nitrogen and oxygen atoms in total. The van der Waals surface area contributed by atoms with Crippen LogP contribution in [0.15, 0.2) is 34.8 Å².